The third-order valence-corrected chi connectivity index (χ3v) is 4.42. The molecule has 1 unspecified atom stereocenters. The van der Waals surface area contributed by atoms with Crippen molar-refractivity contribution in [2.75, 3.05) is 20.1 Å². The van der Waals surface area contributed by atoms with Crippen molar-refractivity contribution in [2.24, 2.45) is 0 Å². The number of hydrogen-bond donors (Lipinski definition) is 1. The standard InChI is InChI=1S/C15H20Cl2N2O/c1-18-9-8-11-5-2-3-10-19(11)15(20)14-12(16)6-4-7-13(14)17/h4,6-7,11,18H,2-3,5,8-10H2,1H3. The number of halogens is 2. The average Bonchev–Trinajstić information content (AvgIpc) is 2.45. The van der Waals surface area contributed by atoms with Crippen molar-refractivity contribution in [3.63, 3.8) is 0 Å². The van der Waals surface area contributed by atoms with Crippen molar-refractivity contribution in [2.45, 2.75) is 31.7 Å². The van der Waals surface area contributed by atoms with Gasteiger partial charge in [0.05, 0.1) is 15.6 Å². The predicted octanol–water partition coefficient (Wildman–Crippen LogP) is 3.60. The maximum Gasteiger partial charge on any atom is 0.257 e. The van der Waals surface area contributed by atoms with Crippen LogP contribution >= 0.6 is 23.2 Å². The molecule has 0 radical (unpaired) electrons. The van der Waals surface area contributed by atoms with Crippen LogP contribution in [0.2, 0.25) is 10.0 Å². The summed E-state index contributed by atoms with van der Waals surface area (Å²) >= 11 is 12.3. The molecule has 3 nitrogen and oxygen atoms in total. The highest BCUT2D eigenvalue weighted by molar-refractivity contribution is 6.39. The summed E-state index contributed by atoms with van der Waals surface area (Å²) in [5, 5.41) is 4.01. The molecule has 1 N–H and O–H groups in total. The molecule has 1 aliphatic heterocycles. The Morgan fingerprint density at radius 2 is 2.05 bits per heavy atom. The Morgan fingerprint density at radius 3 is 2.70 bits per heavy atom. The van der Waals surface area contributed by atoms with E-state index < -0.39 is 0 Å². The largest absolute Gasteiger partial charge is 0.336 e. The van der Waals surface area contributed by atoms with Crippen LogP contribution < -0.4 is 5.32 Å². The van der Waals surface area contributed by atoms with Gasteiger partial charge in [0.25, 0.3) is 5.91 Å². The summed E-state index contributed by atoms with van der Waals surface area (Å²) in [4.78, 5) is 14.7. The topological polar surface area (TPSA) is 32.3 Å². The van der Waals surface area contributed by atoms with Crippen LogP contribution in [0.15, 0.2) is 18.2 Å². The summed E-state index contributed by atoms with van der Waals surface area (Å²) in [7, 11) is 1.93. The van der Waals surface area contributed by atoms with Gasteiger partial charge in [-0.15, -0.1) is 0 Å². The number of benzene rings is 1. The number of rotatable bonds is 4. The third kappa shape index (κ3) is 3.46. The monoisotopic (exact) mass is 314 g/mol. The van der Waals surface area contributed by atoms with Gasteiger partial charge in [-0.3, -0.25) is 4.79 Å². The molecular weight excluding hydrogens is 295 g/mol. The van der Waals surface area contributed by atoms with Gasteiger partial charge in [0, 0.05) is 12.6 Å². The Bertz CT molecular complexity index is 459. The number of likely N-dealkylation sites (tertiary alicyclic amines) is 1. The van der Waals surface area contributed by atoms with Crippen LogP contribution in [0.5, 0.6) is 0 Å². The second-order valence-electron chi connectivity index (χ2n) is 5.14. The third-order valence-electron chi connectivity index (χ3n) is 3.79. The van der Waals surface area contributed by atoms with E-state index in [1.54, 1.807) is 18.2 Å². The number of hydrogen-bond acceptors (Lipinski definition) is 2. The molecule has 2 rings (SSSR count). The van der Waals surface area contributed by atoms with E-state index in [0.717, 1.165) is 32.4 Å². The van der Waals surface area contributed by atoms with Crippen LogP contribution in [0.1, 0.15) is 36.0 Å². The molecule has 0 saturated carbocycles. The van der Waals surface area contributed by atoms with Crippen molar-refractivity contribution in [1.82, 2.24) is 10.2 Å². The van der Waals surface area contributed by atoms with Crippen molar-refractivity contribution < 1.29 is 4.79 Å². The lowest BCUT2D eigenvalue weighted by atomic mass is 9.98. The second-order valence-corrected chi connectivity index (χ2v) is 5.95. The maximum atomic E-state index is 12.8. The zero-order valence-corrected chi connectivity index (χ0v) is 13.2. The van der Waals surface area contributed by atoms with Gasteiger partial charge in [-0.2, -0.15) is 0 Å². The van der Waals surface area contributed by atoms with Crippen molar-refractivity contribution in [3.05, 3.63) is 33.8 Å². The van der Waals surface area contributed by atoms with Crippen LogP contribution in [-0.4, -0.2) is 37.0 Å². The highest BCUT2D eigenvalue weighted by atomic mass is 35.5. The summed E-state index contributed by atoms with van der Waals surface area (Å²) < 4.78 is 0. The molecule has 20 heavy (non-hydrogen) atoms. The molecule has 0 aliphatic carbocycles. The summed E-state index contributed by atoms with van der Waals surface area (Å²) in [6.45, 7) is 1.69. The first-order valence-corrected chi connectivity index (χ1v) is 7.80. The molecule has 1 aliphatic rings. The molecule has 110 valence electrons. The molecule has 1 saturated heterocycles. The molecule has 1 heterocycles. The first-order valence-electron chi connectivity index (χ1n) is 7.04. The Morgan fingerprint density at radius 1 is 1.35 bits per heavy atom. The normalized spacial score (nSPS) is 19.1. The van der Waals surface area contributed by atoms with E-state index in [9.17, 15) is 4.79 Å². The summed E-state index contributed by atoms with van der Waals surface area (Å²) in [5.74, 6) is -0.0404. The van der Waals surface area contributed by atoms with E-state index in [-0.39, 0.29) is 11.9 Å². The van der Waals surface area contributed by atoms with Gasteiger partial charge in [0.2, 0.25) is 0 Å². The van der Waals surface area contributed by atoms with Gasteiger partial charge in [0.15, 0.2) is 0 Å². The molecule has 1 aromatic rings. The van der Waals surface area contributed by atoms with Crippen molar-refractivity contribution in [3.8, 4) is 0 Å². The SMILES string of the molecule is CNCCC1CCCCN1C(=O)c1c(Cl)cccc1Cl. The van der Waals surface area contributed by atoms with Crippen molar-refractivity contribution >= 4 is 29.1 Å². The molecule has 5 heteroatoms. The lowest BCUT2D eigenvalue weighted by Gasteiger charge is -2.36. The Hall–Kier alpha value is -0.770. The number of nitrogens with zero attached hydrogens (tertiary/aromatic N) is 1. The predicted molar refractivity (Wildman–Crippen MR) is 83.7 cm³/mol. The molecule has 0 bridgehead atoms. The fourth-order valence-electron chi connectivity index (χ4n) is 2.72. The van der Waals surface area contributed by atoms with Crippen molar-refractivity contribution in [1.29, 1.82) is 0 Å². The zero-order chi connectivity index (χ0) is 14.5. The van der Waals surface area contributed by atoms with E-state index in [0.29, 0.717) is 15.6 Å². The lowest BCUT2D eigenvalue weighted by molar-refractivity contribution is 0.0603. The summed E-state index contributed by atoms with van der Waals surface area (Å²) in [6, 6.07) is 5.47. The minimum Gasteiger partial charge on any atom is -0.336 e. The highest BCUT2D eigenvalue weighted by Gasteiger charge is 2.29. The number of piperidine rings is 1. The van der Waals surface area contributed by atoms with Gasteiger partial charge >= 0.3 is 0 Å². The number of amides is 1. The number of carbonyl (C=O) groups is 1. The van der Waals surface area contributed by atoms with Gasteiger partial charge in [0.1, 0.15) is 0 Å². The fraction of sp³-hybridized carbons (Fsp3) is 0.533. The molecule has 0 spiro atoms. The van der Waals surface area contributed by atoms with E-state index in [1.807, 2.05) is 11.9 Å². The van der Waals surface area contributed by atoms with E-state index in [1.165, 1.54) is 6.42 Å². The molecule has 0 aromatic heterocycles. The maximum absolute atomic E-state index is 12.8. The Balaban J connectivity index is 2.21. The van der Waals surface area contributed by atoms with Gasteiger partial charge in [-0.05, 0) is 51.4 Å². The summed E-state index contributed by atoms with van der Waals surface area (Å²) in [5.41, 5.74) is 0.437. The van der Waals surface area contributed by atoms with Gasteiger partial charge < -0.3 is 10.2 Å². The highest BCUT2D eigenvalue weighted by Crippen LogP contribution is 2.29. The van der Waals surface area contributed by atoms with Crippen LogP contribution in [-0.2, 0) is 0 Å². The van der Waals surface area contributed by atoms with E-state index in [2.05, 4.69) is 5.32 Å². The molecular formula is C15H20Cl2N2O. The Labute approximate surface area is 130 Å². The molecule has 1 aromatic carbocycles. The minimum absolute atomic E-state index is 0.0404. The smallest absolute Gasteiger partial charge is 0.257 e. The first kappa shape index (κ1) is 15.6. The van der Waals surface area contributed by atoms with Gasteiger partial charge in [-0.1, -0.05) is 29.3 Å². The average molecular weight is 315 g/mol. The van der Waals surface area contributed by atoms with Crippen LogP contribution in [0.25, 0.3) is 0 Å². The lowest BCUT2D eigenvalue weighted by Crippen LogP contribution is -2.45. The molecule has 1 amide bonds. The number of nitrogens with one attached hydrogen (secondary N) is 1. The van der Waals surface area contributed by atoms with E-state index >= 15 is 0 Å². The molecule has 1 atom stereocenters. The second kappa shape index (κ2) is 7.30. The van der Waals surface area contributed by atoms with E-state index in [4.69, 9.17) is 23.2 Å². The Kier molecular flexibility index (Phi) is 5.70. The fourth-order valence-corrected chi connectivity index (χ4v) is 3.28. The zero-order valence-electron chi connectivity index (χ0n) is 11.7. The first-order chi connectivity index (χ1) is 9.65. The van der Waals surface area contributed by atoms with Crippen LogP contribution in [0, 0.1) is 0 Å². The number of carbonyl (C=O) groups excluding carboxylic acids is 1. The van der Waals surface area contributed by atoms with Crippen LogP contribution in [0.3, 0.4) is 0 Å². The molecule has 1 fully saturated rings. The quantitative estimate of drug-likeness (QED) is 0.921. The van der Waals surface area contributed by atoms with Gasteiger partial charge in [-0.25, -0.2) is 0 Å². The summed E-state index contributed by atoms with van der Waals surface area (Å²) in [6.07, 6.45) is 4.23. The van der Waals surface area contributed by atoms with Crippen LogP contribution in [0.4, 0.5) is 0 Å². The minimum atomic E-state index is -0.0404.